The molecule has 0 bridgehead atoms. The zero-order chi connectivity index (χ0) is 19.2. The van der Waals surface area contributed by atoms with Crippen LogP contribution in [0.25, 0.3) is 0 Å². The second-order valence-electron chi connectivity index (χ2n) is 7.78. The number of hydrogen-bond acceptors (Lipinski definition) is 6. The predicted molar refractivity (Wildman–Crippen MR) is 113 cm³/mol. The summed E-state index contributed by atoms with van der Waals surface area (Å²) in [7, 11) is 0. The number of benzene rings is 1. The third kappa shape index (κ3) is 5.08. The number of amides is 1. The Balaban J connectivity index is 1.28. The third-order valence-corrected chi connectivity index (χ3v) is 6.47. The number of carbonyl (C=O) groups is 1. The van der Waals surface area contributed by atoms with Crippen molar-refractivity contribution < 1.29 is 4.79 Å². The molecule has 1 unspecified atom stereocenters. The van der Waals surface area contributed by atoms with Crippen LogP contribution in [0.4, 0.5) is 5.13 Å². The van der Waals surface area contributed by atoms with Crippen LogP contribution in [0.15, 0.2) is 30.3 Å². The Hall–Kier alpha value is -1.99. The van der Waals surface area contributed by atoms with Gasteiger partial charge in [0.1, 0.15) is 5.82 Å². The summed E-state index contributed by atoms with van der Waals surface area (Å²) in [5, 5.41) is 4.09. The lowest BCUT2D eigenvalue weighted by molar-refractivity contribution is -0.125. The van der Waals surface area contributed by atoms with Crippen molar-refractivity contribution in [3.05, 3.63) is 41.7 Å². The lowest BCUT2D eigenvalue weighted by Crippen LogP contribution is -2.44. The summed E-state index contributed by atoms with van der Waals surface area (Å²) in [5.41, 5.74) is 1.22. The van der Waals surface area contributed by atoms with Crippen molar-refractivity contribution in [3.8, 4) is 0 Å². The summed E-state index contributed by atoms with van der Waals surface area (Å²) in [4.78, 5) is 22.0. The smallest absolute Gasteiger partial charge is 0.224 e. The third-order valence-electron chi connectivity index (χ3n) is 5.65. The summed E-state index contributed by atoms with van der Waals surface area (Å²) in [5.74, 6) is 1.11. The number of anilines is 1. The van der Waals surface area contributed by atoms with E-state index in [-0.39, 0.29) is 11.8 Å². The Labute approximate surface area is 171 Å². The first-order valence-corrected chi connectivity index (χ1v) is 11.2. The molecular weight excluding hydrogens is 370 g/mol. The van der Waals surface area contributed by atoms with Crippen molar-refractivity contribution in [3.63, 3.8) is 0 Å². The van der Waals surface area contributed by atoms with E-state index in [0.717, 1.165) is 56.4 Å². The SMILES string of the molecule is O=C(NCCN1CCCC1)C1CCCN(c2nc(Cc3ccccc3)ns2)C1. The highest BCUT2D eigenvalue weighted by atomic mass is 32.1. The van der Waals surface area contributed by atoms with Gasteiger partial charge in [0.2, 0.25) is 11.0 Å². The number of likely N-dealkylation sites (tertiary alicyclic amines) is 1. The average molecular weight is 400 g/mol. The van der Waals surface area contributed by atoms with E-state index < -0.39 is 0 Å². The summed E-state index contributed by atoms with van der Waals surface area (Å²) in [6, 6.07) is 10.3. The number of carbonyl (C=O) groups excluding carboxylic acids is 1. The van der Waals surface area contributed by atoms with E-state index in [1.807, 2.05) is 18.2 Å². The number of nitrogens with one attached hydrogen (secondary N) is 1. The number of piperidine rings is 1. The maximum atomic E-state index is 12.6. The maximum Gasteiger partial charge on any atom is 0.224 e. The molecule has 2 fully saturated rings. The van der Waals surface area contributed by atoms with Gasteiger partial charge in [-0.25, -0.2) is 4.98 Å². The highest BCUT2D eigenvalue weighted by Gasteiger charge is 2.27. The molecule has 2 aromatic rings. The van der Waals surface area contributed by atoms with Crippen molar-refractivity contribution >= 4 is 22.6 Å². The molecule has 1 aromatic heterocycles. The van der Waals surface area contributed by atoms with Gasteiger partial charge in [0.05, 0.1) is 5.92 Å². The van der Waals surface area contributed by atoms with E-state index in [1.165, 1.54) is 43.0 Å². The van der Waals surface area contributed by atoms with Gasteiger partial charge >= 0.3 is 0 Å². The van der Waals surface area contributed by atoms with Gasteiger partial charge in [-0.15, -0.1) is 0 Å². The molecule has 1 N–H and O–H groups in total. The molecule has 1 amide bonds. The van der Waals surface area contributed by atoms with Crippen LogP contribution in [0.1, 0.15) is 37.1 Å². The molecule has 6 nitrogen and oxygen atoms in total. The van der Waals surface area contributed by atoms with Crippen LogP contribution in [0.5, 0.6) is 0 Å². The topological polar surface area (TPSA) is 61.4 Å². The number of nitrogens with zero attached hydrogens (tertiary/aromatic N) is 4. The first-order valence-electron chi connectivity index (χ1n) is 10.4. The zero-order valence-corrected chi connectivity index (χ0v) is 17.2. The largest absolute Gasteiger partial charge is 0.355 e. The van der Waals surface area contributed by atoms with Crippen LogP contribution in [0.2, 0.25) is 0 Å². The summed E-state index contributed by atoms with van der Waals surface area (Å²) < 4.78 is 4.53. The van der Waals surface area contributed by atoms with Gasteiger partial charge < -0.3 is 15.1 Å². The first-order chi connectivity index (χ1) is 13.8. The minimum atomic E-state index is 0.0498. The average Bonchev–Trinajstić information content (AvgIpc) is 3.41. The van der Waals surface area contributed by atoms with Gasteiger partial charge in [0.25, 0.3) is 0 Å². The Morgan fingerprint density at radius 3 is 2.79 bits per heavy atom. The fourth-order valence-corrected chi connectivity index (χ4v) is 4.80. The van der Waals surface area contributed by atoms with Crippen LogP contribution in [-0.4, -0.2) is 59.4 Å². The Bertz CT molecular complexity index is 759. The van der Waals surface area contributed by atoms with Crippen LogP contribution in [0.3, 0.4) is 0 Å². The fourth-order valence-electron chi connectivity index (χ4n) is 4.08. The summed E-state index contributed by atoms with van der Waals surface area (Å²) >= 11 is 1.45. The van der Waals surface area contributed by atoms with Crippen molar-refractivity contribution in [2.24, 2.45) is 5.92 Å². The maximum absolute atomic E-state index is 12.6. The van der Waals surface area contributed by atoms with Gasteiger partial charge in [0, 0.05) is 44.1 Å². The Morgan fingerprint density at radius 1 is 1.14 bits per heavy atom. The van der Waals surface area contributed by atoms with Gasteiger partial charge in [-0.1, -0.05) is 30.3 Å². The van der Waals surface area contributed by atoms with E-state index in [1.54, 1.807) is 0 Å². The molecule has 150 valence electrons. The monoisotopic (exact) mass is 399 g/mol. The number of hydrogen-bond donors (Lipinski definition) is 1. The van der Waals surface area contributed by atoms with E-state index in [0.29, 0.717) is 0 Å². The standard InChI is InChI=1S/C21H29N5OS/c27-20(22-10-14-25-11-4-5-12-25)18-9-6-13-26(16-18)21-23-19(24-28-21)15-17-7-2-1-3-8-17/h1-3,7-8,18H,4-6,9-16H2,(H,22,27). The molecule has 2 aliphatic heterocycles. The summed E-state index contributed by atoms with van der Waals surface area (Å²) in [6.07, 6.45) is 5.32. The molecule has 0 aliphatic carbocycles. The second-order valence-corrected chi connectivity index (χ2v) is 8.51. The van der Waals surface area contributed by atoms with E-state index in [2.05, 4.69) is 31.6 Å². The number of rotatable bonds is 7. The van der Waals surface area contributed by atoms with Gasteiger partial charge in [-0.3, -0.25) is 4.79 Å². The van der Waals surface area contributed by atoms with Crippen molar-refractivity contribution in [1.29, 1.82) is 0 Å². The first kappa shape index (κ1) is 19.3. The second kappa shape index (κ2) is 9.47. The molecule has 0 radical (unpaired) electrons. The highest BCUT2D eigenvalue weighted by Crippen LogP contribution is 2.25. The minimum Gasteiger partial charge on any atom is -0.355 e. The van der Waals surface area contributed by atoms with Crippen molar-refractivity contribution in [2.75, 3.05) is 44.2 Å². The molecule has 28 heavy (non-hydrogen) atoms. The molecule has 2 saturated heterocycles. The van der Waals surface area contributed by atoms with E-state index in [4.69, 9.17) is 4.98 Å². The number of aromatic nitrogens is 2. The molecule has 0 saturated carbocycles. The Morgan fingerprint density at radius 2 is 1.96 bits per heavy atom. The van der Waals surface area contributed by atoms with Crippen LogP contribution < -0.4 is 10.2 Å². The molecule has 4 rings (SSSR count). The Kier molecular flexibility index (Phi) is 6.54. The minimum absolute atomic E-state index is 0.0498. The quantitative estimate of drug-likeness (QED) is 0.775. The summed E-state index contributed by atoms with van der Waals surface area (Å²) in [6.45, 7) is 5.79. The van der Waals surface area contributed by atoms with Crippen molar-refractivity contribution in [2.45, 2.75) is 32.1 Å². The molecule has 2 aliphatic rings. The normalized spacial score (nSPS) is 20.4. The zero-order valence-electron chi connectivity index (χ0n) is 16.3. The molecule has 1 aromatic carbocycles. The van der Waals surface area contributed by atoms with Crippen LogP contribution >= 0.6 is 11.5 Å². The van der Waals surface area contributed by atoms with Gasteiger partial charge in [-0.05, 0) is 44.3 Å². The molecule has 1 atom stereocenters. The fraction of sp³-hybridized carbons (Fsp3) is 0.571. The molecule has 0 spiro atoms. The lowest BCUT2D eigenvalue weighted by atomic mass is 9.97. The van der Waals surface area contributed by atoms with Crippen molar-refractivity contribution in [1.82, 2.24) is 19.6 Å². The predicted octanol–water partition coefficient (Wildman–Crippen LogP) is 2.56. The van der Waals surface area contributed by atoms with Crippen LogP contribution in [-0.2, 0) is 11.2 Å². The van der Waals surface area contributed by atoms with E-state index >= 15 is 0 Å². The molecular formula is C21H29N5OS. The van der Waals surface area contributed by atoms with Crippen LogP contribution in [0, 0.1) is 5.92 Å². The van der Waals surface area contributed by atoms with Gasteiger partial charge in [-0.2, -0.15) is 4.37 Å². The lowest BCUT2D eigenvalue weighted by Gasteiger charge is -2.31. The molecule has 3 heterocycles. The molecule has 7 heteroatoms. The van der Waals surface area contributed by atoms with Gasteiger partial charge in [0.15, 0.2) is 0 Å². The highest BCUT2D eigenvalue weighted by molar-refractivity contribution is 7.09. The van der Waals surface area contributed by atoms with E-state index in [9.17, 15) is 4.79 Å².